The number of ether oxygens (including phenoxy) is 1. The third-order valence-electron chi connectivity index (χ3n) is 6.72. The lowest BCUT2D eigenvalue weighted by atomic mass is 10.1. The molecule has 8 nitrogen and oxygen atoms in total. The number of hydrogen-bond acceptors (Lipinski definition) is 5. The molecule has 0 spiro atoms. The van der Waals surface area contributed by atoms with Crippen molar-refractivity contribution in [2.24, 2.45) is 0 Å². The van der Waals surface area contributed by atoms with Gasteiger partial charge in [0.2, 0.25) is 5.91 Å². The number of carboxylic acid groups (broad SMARTS) is 1. The molecule has 0 fully saturated rings. The number of sulfonamides is 1. The Hall–Kier alpha value is -4.84. The number of anilines is 1. The van der Waals surface area contributed by atoms with E-state index in [9.17, 15) is 31.2 Å². The summed E-state index contributed by atoms with van der Waals surface area (Å²) in [6, 6.07) is 18.9. The lowest BCUT2D eigenvalue weighted by molar-refractivity contribution is -0.122. The number of hydrogen-bond donors (Lipinski definition) is 2. The number of aromatic carboxylic acids is 1. The van der Waals surface area contributed by atoms with Crippen molar-refractivity contribution >= 4 is 27.6 Å². The molecule has 0 radical (unpaired) electrons. The summed E-state index contributed by atoms with van der Waals surface area (Å²) in [5, 5.41) is 11.5. The third-order valence-corrected chi connectivity index (χ3v) is 8.55. The van der Waals surface area contributed by atoms with Crippen LogP contribution in [0.1, 0.15) is 15.9 Å². The molecule has 1 heterocycles. The fraction of sp³-hybridized carbons (Fsp3) is 0.133. The monoisotopic (exact) mass is 596 g/mol. The second-order valence-electron chi connectivity index (χ2n) is 9.39. The largest absolute Gasteiger partial charge is 0.492 e. The Morgan fingerprint density at radius 1 is 0.905 bits per heavy atom. The van der Waals surface area contributed by atoms with Gasteiger partial charge in [0.1, 0.15) is 41.4 Å². The highest BCUT2D eigenvalue weighted by Gasteiger charge is 2.42. The molecule has 2 N–H and O–H groups in total. The maximum absolute atomic E-state index is 13.9. The number of amides is 1. The van der Waals surface area contributed by atoms with Crippen LogP contribution in [0.3, 0.4) is 0 Å². The predicted octanol–water partition coefficient (Wildman–Crippen LogP) is 4.78. The van der Waals surface area contributed by atoms with Gasteiger partial charge in [-0.25, -0.2) is 26.4 Å². The smallest absolute Gasteiger partial charge is 0.341 e. The van der Waals surface area contributed by atoms with Gasteiger partial charge in [-0.15, -0.1) is 0 Å². The quantitative estimate of drug-likeness (QED) is 0.269. The van der Waals surface area contributed by atoms with Crippen LogP contribution in [0.5, 0.6) is 5.75 Å². The van der Waals surface area contributed by atoms with E-state index in [-0.39, 0.29) is 30.2 Å². The van der Waals surface area contributed by atoms with Crippen LogP contribution in [-0.4, -0.2) is 44.6 Å². The second-order valence-corrected chi connectivity index (χ2v) is 11.2. The third kappa shape index (κ3) is 5.66. The summed E-state index contributed by atoms with van der Waals surface area (Å²) in [4.78, 5) is 24.1. The molecule has 0 saturated carbocycles. The summed E-state index contributed by atoms with van der Waals surface area (Å²) in [5.41, 5.74) is 1.30. The summed E-state index contributed by atoms with van der Waals surface area (Å²) in [5.74, 6) is -5.65. The molecule has 0 bridgehead atoms. The lowest BCUT2D eigenvalue weighted by Gasteiger charge is -2.26. The Labute approximate surface area is 239 Å². The number of halogens is 3. The number of para-hydroxylation sites is 1. The first kappa shape index (κ1) is 28.7. The maximum atomic E-state index is 13.9. The van der Waals surface area contributed by atoms with Crippen molar-refractivity contribution < 1.29 is 41.0 Å². The van der Waals surface area contributed by atoms with E-state index in [0.29, 0.717) is 22.4 Å². The van der Waals surface area contributed by atoms with Gasteiger partial charge in [0, 0.05) is 18.6 Å². The van der Waals surface area contributed by atoms with E-state index in [1.54, 1.807) is 48.5 Å². The first-order chi connectivity index (χ1) is 20.1. The molecular weight excluding hydrogens is 573 g/mol. The summed E-state index contributed by atoms with van der Waals surface area (Å²) in [7, 11) is -4.20. The molecule has 5 rings (SSSR count). The van der Waals surface area contributed by atoms with E-state index < -0.39 is 51.0 Å². The minimum atomic E-state index is -4.20. The highest BCUT2D eigenvalue weighted by atomic mass is 32.2. The van der Waals surface area contributed by atoms with E-state index in [2.05, 4.69) is 5.32 Å². The Balaban J connectivity index is 1.31. The molecule has 0 aliphatic carbocycles. The molecule has 1 amide bonds. The van der Waals surface area contributed by atoms with Crippen molar-refractivity contribution in [1.82, 2.24) is 5.32 Å². The summed E-state index contributed by atoms with van der Waals surface area (Å²) < 4.78 is 75.1. The van der Waals surface area contributed by atoms with Gasteiger partial charge in [-0.05, 0) is 47.0 Å². The lowest BCUT2D eigenvalue weighted by Crippen LogP contribution is -2.48. The summed E-state index contributed by atoms with van der Waals surface area (Å²) >= 11 is 0. The average Bonchev–Trinajstić information content (AvgIpc) is 3.36. The van der Waals surface area contributed by atoms with Gasteiger partial charge in [0.15, 0.2) is 0 Å². The Bertz CT molecular complexity index is 1740. The van der Waals surface area contributed by atoms with Crippen molar-refractivity contribution in [3.8, 4) is 16.9 Å². The van der Waals surface area contributed by atoms with Crippen LogP contribution < -0.4 is 14.4 Å². The van der Waals surface area contributed by atoms with Crippen molar-refractivity contribution in [1.29, 1.82) is 0 Å². The van der Waals surface area contributed by atoms with E-state index in [1.165, 1.54) is 24.3 Å². The SMILES string of the molecule is O=C(O)c1c(F)cc(OCCNC(=O)[C@@H]2Cc3ccccc3N2S(=O)(=O)c2ccc(-c3ccc(F)cc3)cc2)cc1F. The summed E-state index contributed by atoms with van der Waals surface area (Å²) in [6.07, 6.45) is 0.114. The van der Waals surface area contributed by atoms with Gasteiger partial charge in [-0.2, -0.15) is 0 Å². The van der Waals surface area contributed by atoms with Gasteiger partial charge in [-0.1, -0.05) is 42.5 Å². The van der Waals surface area contributed by atoms with Crippen LogP contribution in [0, 0.1) is 17.5 Å². The van der Waals surface area contributed by atoms with E-state index in [4.69, 9.17) is 9.84 Å². The summed E-state index contributed by atoms with van der Waals surface area (Å²) in [6.45, 7) is -0.357. The standard InChI is InChI=1S/C30H23F3N2O6S/c31-21-9-5-18(6-10-21)19-7-11-23(12-8-19)42(39,40)35-26-4-2-1-3-20(26)15-27(35)29(36)34-13-14-41-22-16-24(32)28(30(37)38)25(33)17-22/h1-12,16-17,27H,13-15H2,(H,34,36)(H,37,38)/t27-/m0/s1. The van der Waals surface area contributed by atoms with Gasteiger partial charge in [0.05, 0.1) is 17.1 Å². The molecule has 1 aliphatic rings. The number of benzene rings is 4. The minimum absolute atomic E-state index is 0.0416. The average molecular weight is 597 g/mol. The Morgan fingerprint density at radius 3 is 2.12 bits per heavy atom. The van der Waals surface area contributed by atoms with Crippen LogP contribution >= 0.6 is 0 Å². The van der Waals surface area contributed by atoms with E-state index in [0.717, 1.165) is 16.4 Å². The number of carboxylic acids is 1. The first-order valence-electron chi connectivity index (χ1n) is 12.7. The zero-order valence-corrected chi connectivity index (χ0v) is 22.6. The van der Waals surface area contributed by atoms with Gasteiger partial charge >= 0.3 is 5.97 Å². The molecule has 0 aromatic heterocycles. The van der Waals surface area contributed by atoms with Crippen LogP contribution in [0.25, 0.3) is 11.1 Å². The fourth-order valence-corrected chi connectivity index (χ4v) is 6.38. The predicted molar refractivity (Wildman–Crippen MR) is 147 cm³/mol. The van der Waals surface area contributed by atoms with Gasteiger partial charge in [-0.3, -0.25) is 9.10 Å². The Morgan fingerprint density at radius 2 is 1.50 bits per heavy atom. The molecule has 1 atom stereocenters. The molecule has 4 aromatic carbocycles. The van der Waals surface area contributed by atoms with Crippen LogP contribution in [0.2, 0.25) is 0 Å². The topological polar surface area (TPSA) is 113 Å². The highest BCUT2D eigenvalue weighted by molar-refractivity contribution is 7.93. The van der Waals surface area contributed by atoms with Crippen molar-refractivity contribution in [2.75, 3.05) is 17.5 Å². The zero-order valence-electron chi connectivity index (χ0n) is 21.8. The van der Waals surface area contributed by atoms with Gasteiger partial charge < -0.3 is 15.2 Å². The minimum Gasteiger partial charge on any atom is -0.492 e. The molecule has 12 heteroatoms. The fourth-order valence-electron chi connectivity index (χ4n) is 4.73. The number of carbonyl (C=O) groups excluding carboxylic acids is 1. The van der Waals surface area contributed by atoms with Crippen molar-refractivity contribution in [3.05, 3.63) is 114 Å². The van der Waals surface area contributed by atoms with Crippen molar-refractivity contribution in [2.45, 2.75) is 17.4 Å². The molecule has 216 valence electrons. The highest BCUT2D eigenvalue weighted by Crippen LogP contribution is 2.37. The maximum Gasteiger partial charge on any atom is 0.341 e. The number of rotatable bonds is 9. The Kier molecular flexibility index (Phi) is 7.90. The van der Waals surface area contributed by atoms with Gasteiger partial charge in [0.25, 0.3) is 10.0 Å². The number of nitrogens with zero attached hydrogens (tertiary/aromatic N) is 1. The molecule has 1 aliphatic heterocycles. The van der Waals surface area contributed by atoms with Crippen LogP contribution in [-0.2, 0) is 21.2 Å². The van der Waals surface area contributed by atoms with Crippen molar-refractivity contribution in [3.63, 3.8) is 0 Å². The number of nitrogens with one attached hydrogen (secondary N) is 1. The number of carbonyl (C=O) groups is 2. The molecule has 0 saturated heterocycles. The zero-order chi connectivity index (χ0) is 30.0. The second kappa shape index (κ2) is 11.6. The van der Waals surface area contributed by atoms with Crippen LogP contribution in [0.4, 0.5) is 18.9 Å². The van der Waals surface area contributed by atoms with Crippen LogP contribution in [0.15, 0.2) is 89.8 Å². The molecule has 42 heavy (non-hydrogen) atoms. The molecular formula is C30H23F3N2O6S. The molecule has 4 aromatic rings. The first-order valence-corrected chi connectivity index (χ1v) is 14.1. The number of fused-ring (bicyclic) bond motifs is 1. The normalized spacial score (nSPS) is 14.4. The van der Waals surface area contributed by atoms with E-state index in [1.807, 2.05) is 0 Å². The van der Waals surface area contributed by atoms with E-state index >= 15 is 0 Å². The molecule has 0 unspecified atom stereocenters.